The monoisotopic (exact) mass is 718 g/mol. The van der Waals surface area contributed by atoms with Gasteiger partial charge in [-0.25, -0.2) is 9.97 Å². The van der Waals surface area contributed by atoms with Gasteiger partial charge in [-0.3, -0.25) is 19.4 Å². The van der Waals surface area contributed by atoms with E-state index in [9.17, 15) is 9.59 Å². The molecule has 3 aromatic rings. The Labute approximate surface area is 311 Å². The van der Waals surface area contributed by atoms with E-state index in [0.717, 1.165) is 103 Å². The van der Waals surface area contributed by atoms with Crippen LogP contribution in [0.25, 0.3) is 11.0 Å². The lowest BCUT2D eigenvalue weighted by Crippen LogP contribution is -2.37. The van der Waals surface area contributed by atoms with E-state index >= 15 is 0 Å². The number of carbonyl (C=O) groups is 2. The summed E-state index contributed by atoms with van der Waals surface area (Å²) in [5, 5.41) is 0. The molecule has 1 aliphatic rings. The van der Waals surface area contributed by atoms with Crippen molar-refractivity contribution in [2.45, 2.75) is 144 Å². The Hall–Kier alpha value is -4.08. The minimum Gasteiger partial charge on any atom is -0.491 e. The van der Waals surface area contributed by atoms with Crippen molar-refractivity contribution in [3.8, 4) is 23.0 Å². The van der Waals surface area contributed by atoms with E-state index in [1.807, 2.05) is 24.3 Å². The first-order valence-corrected chi connectivity index (χ1v) is 20.0. The van der Waals surface area contributed by atoms with Crippen LogP contribution in [-0.4, -0.2) is 48.2 Å². The van der Waals surface area contributed by atoms with Crippen LogP contribution >= 0.6 is 0 Å². The second-order valence-electron chi connectivity index (χ2n) is 13.7. The zero-order chi connectivity index (χ0) is 37.3. The second-order valence-corrected chi connectivity index (χ2v) is 13.7. The van der Waals surface area contributed by atoms with Gasteiger partial charge in [0.2, 0.25) is 11.8 Å². The second kappa shape index (κ2) is 21.4. The van der Waals surface area contributed by atoms with Gasteiger partial charge in [0.15, 0.2) is 11.6 Å². The average Bonchev–Trinajstić information content (AvgIpc) is 3.13. The summed E-state index contributed by atoms with van der Waals surface area (Å²) < 4.78 is 25.4. The third-order valence-electron chi connectivity index (χ3n) is 9.31. The topological polar surface area (TPSA) is 103 Å². The fraction of sp³-hybridized carbons (Fsp3) is 0.619. The van der Waals surface area contributed by atoms with E-state index in [1.165, 1.54) is 23.6 Å². The summed E-state index contributed by atoms with van der Waals surface area (Å²) in [6, 6.07) is 7.42. The van der Waals surface area contributed by atoms with Crippen molar-refractivity contribution in [1.82, 2.24) is 9.97 Å². The number of aromatic nitrogens is 2. The Morgan fingerprint density at radius 2 is 0.750 bits per heavy atom. The molecule has 0 radical (unpaired) electrons. The number of anilines is 4. The minimum absolute atomic E-state index is 0.231. The molecule has 0 fully saturated rings. The van der Waals surface area contributed by atoms with Crippen LogP contribution < -0.4 is 28.7 Å². The summed E-state index contributed by atoms with van der Waals surface area (Å²) in [5.74, 6) is 1.96. The molecule has 0 N–H and O–H groups in total. The zero-order valence-corrected chi connectivity index (χ0v) is 32.7. The van der Waals surface area contributed by atoms with Crippen molar-refractivity contribution in [1.29, 1.82) is 0 Å². The number of rotatable bonds is 24. The molecular formula is C42H62N4O6. The van der Waals surface area contributed by atoms with Crippen LogP contribution in [0.4, 0.5) is 23.0 Å². The molecule has 0 saturated heterocycles. The minimum atomic E-state index is -0.291. The molecule has 0 aliphatic carbocycles. The Bertz CT molecular complexity index is 1480. The highest BCUT2D eigenvalue weighted by Gasteiger charge is 2.41. The number of nitrogens with zero attached hydrogens (tertiary/aromatic N) is 4. The van der Waals surface area contributed by atoms with E-state index in [0.29, 0.717) is 71.8 Å². The first-order valence-electron chi connectivity index (χ1n) is 20.0. The number of hydrogen-bond donors (Lipinski definition) is 0. The van der Waals surface area contributed by atoms with Gasteiger partial charge < -0.3 is 18.9 Å². The SMILES string of the molecule is CCCCCCOc1ccc(OCCCCCC)c2c1N(C(C)=O)c1nc3c(OCCCCCC)ccc(OCCCCCC)c3nc1N2C(C)=O. The Kier molecular flexibility index (Phi) is 16.8. The molecule has 4 rings (SSSR count). The van der Waals surface area contributed by atoms with Crippen molar-refractivity contribution < 1.29 is 28.5 Å². The number of fused-ring (bicyclic) bond motifs is 3. The molecular weight excluding hydrogens is 656 g/mol. The fourth-order valence-electron chi connectivity index (χ4n) is 6.48. The highest BCUT2D eigenvalue weighted by Crippen LogP contribution is 2.55. The lowest BCUT2D eigenvalue weighted by atomic mass is 10.1. The van der Waals surface area contributed by atoms with E-state index < -0.39 is 0 Å². The quantitative estimate of drug-likeness (QED) is 0.0843. The molecule has 0 saturated carbocycles. The normalized spacial score (nSPS) is 12.1. The molecule has 10 heteroatoms. The Morgan fingerprint density at radius 3 is 1.04 bits per heavy atom. The average molecular weight is 719 g/mol. The summed E-state index contributed by atoms with van der Waals surface area (Å²) in [7, 11) is 0. The van der Waals surface area contributed by atoms with E-state index in [-0.39, 0.29) is 23.5 Å². The van der Waals surface area contributed by atoms with Crippen molar-refractivity contribution in [3.05, 3.63) is 24.3 Å². The predicted octanol–water partition coefficient (Wildman–Crippen LogP) is 11.1. The standard InChI is InChI=1S/C42H62N4O6/c1-7-11-15-19-27-49-33-23-24-34(50-28-20-16-12-8-2)38-37(33)43-41-42(44-38)46(32(6)48)40-36(52-30-22-18-14-10-4)26-25-35(39(40)45(41)31(5)47)51-29-21-17-13-9-3/h23-26H,7-22,27-30H2,1-6H3. The third kappa shape index (κ3) is 10.5. The number of unbranched alkanes of at least 4 members (excludes halogenated alkanes) is 12. The van der Waals surface area contributed by atoms with Gasteiger partial charge in [-0.2, -0.15) is 0 Å². The number of carbonyl (C=O) groups excluding carboxylic acids is 2. The van der Waals surface area contributed by atoms with Crippen LogP contribution in [0, 0.1) is 0 Å². The van der Waals surface area contributed by atoms with Crippen LogP contribution in [0.5, 0.6) is 23.0 Å². The molecule has 286 valence electrons. The first kappa shape index (κ1) is 40.7. The van der Waals surface area contributed by atoms with Gasteiger partial charge in [-0.1, -0.05) is 105 Å². The largest absolute Gasteiger partial charge is 0.491 e. The fourth-order valence-corrected chi connectivity index (χ4v) is 6.48. The molecule has 0 atom stereocenters. The summed E-state index contributed by atoms with van der Waals surface area (Å²) in [5.41, 5.74) is 1.80. The van der Waals surface area contributed by atoms with Crippen molar-refractivity contribution >= 4 is 45.9 Å². The van der Waals surface area contributed by atoms with Crippen LogP contribution in [0.1, 0.15) is 144 Å². The molecule has 2 heterocycles. The molecule has 52 heavy (non-hydrogen) atoms. The highest BCUT2D eigenvalue weighted by molar-refractivity contribution is 6.17. The summed E-state index contributed by atoms with van der Waals surface area (Å²) in [6.45, 7) is 13.7. The Balaban J connectivity index is 1.88. The maximum atomic E-state index is 13.8. The zero-order valence-electron chi connectivity index (χ0n) is 32.7. The van der Waals surface area contributed by atoms with Gasteiger partial charge in [0.05, 0.1) is 26.4 Å². The van der Waals surface area contributed by atoms with E-state index in [4.69, 9.17) is 28.9 Å². The molecule has 1 aromatic heterocycles. The molecule has 1 aliphatic heterocycles. The van der Waals surface area contributed by atoms with E-state index in [2.05, 4.69) is 27.7 Å². The number of hydrogen-bond acceptors (Lipinski definition) is 8. The van der Waals surface area contributed by atoms with Gasteiger partial charge in [-0.05, 0) is 49.9 Å². The molecule has 0 spiro atoms. The lowest BCUT2D eigenvalue weighted by Gasteiger charge is -2.37. The Morgan fingerprint density at radius 1 is 0.462 bits per heavy atom. The van der Waals surface area contributed by atoms with Crippen molar-refractivity contribution in [2.75, 3.05) is 36.2 Å². The molecule has 0 bridgehead atoms. The summed E-state index contributed by atoms with van der Waals surface area (Å²) >= 11 is 0. The molecule has 10 nitrogen and oxygen atoms in total. The van der Waals surface area contributed by atoms with Crippen molar-refractivity contribution in [3.63, 3.8) is 0 Å². The number of benzene rings is 2. The predicted molar refractivity (Wildman–Crippen MR) is 210 cm³/mol. The maximum absolute atomic E-state index is 13.8. The van der Waals surface area contributed by atoms with Crippen LogP contribution in [0.3, 0.4) is 0 Å². The van der Waals surface area contributed by atoms with Crippen molar-refractivity contribution in [2.24, 2.45) is 0 Å². The van der Waals surface area contributed by atoms with Crippen LogP contribution in [0.2, 0.25) is 0 Å². The van der Waals surface area contributed by atoms with Gasteiger partial charge in [-0.15, -0.1) is 0 Å². The highest BCUT2D eigenvalue weighted by atomic mass is 16.5. The summed E-state index contributed by atoms with van der Waals surface area (Å²) in [4.78, 5) is 40.9. The third-order valence-corrected chi connectivity index (χ3v) is 9.31. The molecule has 2 aromatic carbocycles. The van der Waals surface area contributed by atoms with E-state index in [1.54, 1.807) is 0 Å². The maximum Gasteiger partial charge on any atom is 0.229 e. The molecule has 2 amide bonds. The molecule has 0 unspecified atom stereocenters. The number of ether oxygens (including phenoxy) is 4. The van der Waals surface area contributed by atoms with Gasteiger partial charge in [0.25, 0.3) is 0 Å². The van der Waals surface area contributed by atoms with Crippen LogP contribution in [-0.2, 0) is 9.59 Å². The smallest absolute Gasteiger partial charge is 0.229 e. The van der Waals surface area contributed by atoms with Gasteiger partial charge in [0.1, 0.15) is 45.4 Å². The first-order chi connectivity index (χ1) is 25.4. The number of amides is 2. The van der Waals surface area contributed by atoms with Gasteiger partial charge >= 0.3 is 0 Å². The summed E-state index contributed by atoms with van der Waals surface area (Å²) in [6.07, 6.45) is 16.8. The lowest BCUT2D eigenvalue weighted by molar-refractivity contribution is -0.117. The van der Waals surface area contributed by atoms with Gasteiger partial charge in [0, 0.05) is 13.8 Å². The van der Waals surface area contributed by atoms with Crippen LogP contribution in [0.15, 0.2) is 24.3 Å².